The number of hydrogen-bond donors (Lipinski definition) is 0. The maximum Gasteiger partial charge on any atom is 0.341 e. The monoisotopic (exact) mass is 972 g/mol. The van der Waals surface area contributed by atoms with Crippen LogP contribution >= 0.6 is 63.7 Å². The summed E-state index contributed by atoms with van der Waals surface area (Å²) in [6.45, 7) is 16.6. The Kier molecular flexibility index (Phi) is 12.8. The lowest BCUT2D eigenvalue weighted by molar-refractivity contribution is 0.0298. The molecule has 6 rings (SSSR count). The zero-order chi connectivity index (χ0) is 38.7. The number of ether oxygens (including phenoxy) is 1. The molecule has 278 valence electrons. The van der Waals surface area contributed by atoms with E-state index in [0.29, 0.717) is 15.6 Å². The smallest absolute Gasteiger partial charge is 0.341 e. The fourth-order valence-electron chi connectivity index (χ4n) is 7.13. The summed E-state index contributed by atoms with van der Waals surface area (Å²) in [6, 6.07) is 34.5. The van der Waals surface area contributed by atoms with Crippen LogP contribution in [0.4, 0.5) is 11.4 Å². The van der Waals surface area contributed by atoms with E-state index in [1.54, 1.807) is 0 Å². The Bertz CT molecular complexity index is 2090. The van der Waals surface area contributed by atoms with E-state index in [1.807, 2.05) is 0 Å². The van der Waals surface area contributed by atoms with Crippen LogP contribution in [-0.2, 0) is 10.3 Å². The summed E-state index contributed by atoms with van der Waals surface area (Å²) < 4.78 is 9.63. The van der Waals surface area contributed by atoms with Crippen molar-refractivity contribution < 1.29 is 9.53 Å². The number of cyclic esters (lactones) is 1. The van der Waals surface area contributed by atoms with Crippen molar-refractivity contribution in [2.45, 2.75) is 47.1 Å². The van der Waals surface area contributed by atoms with Crippen molar-refractivity contribution in [1.29, 1.82) is 0 Å². The van der Waals surface area contributed by atoms with Gasteiger partial charge in [-0.25, -0.2) is 4.79 Å². The van der Waals surface area contributed by atoms with Crippen LogP contribution in [0.5, 0.6) is 0 Å². The molecule has 5 aromatic carbocycles. The lowest BCUT2D eigenvalue weighted by Crippen LogP contribution is -2.23. The Morgan fingerprint density at radius 1 is 0.537 bits per heavy atom. The van der Waals surface area contributed by atoms with E-state index in [4.69, 9.17) is 4.74 Å². The predicted octanol–water partition coefficient (Wildman–Crippen LogP) is 13.7. The van der Waals surface area contributed by atoms with E-state index in [9.17, 15) is 4.79 Å². The predicted molar refractivity (Wildman–Crippen MR) is 241 cm³/mol. The normalized spacial score (nSPS) is 15.6. The van der Waals surface area contributed by atoms with Crippen LogP contribution < -0.4 is 9.80 Å². The highest BCUT2D eigenvalue weighted by Crippen LogP contribution is 2.53. The van der Waals surface area contributed by atoms with Crippen LogP contribution in [0.3, 0.4) is 0 Å². The molecule has 5 aromatic rings. The van der Waals surface area contributed by atoms with Gasteiger partial charge in [0.25, 0.3) is 0 Å². The van der Waals surface area contributed by atoms with Gasteiger partial charge in [0, 0.05) is 61.0 Å². The Labute approximate surface area is 353 Å². The van der Waals surface area contributed by atoms with E-state index < -0.39 is 11.6 Å². The minimum absolute atomic E-state index is 0.418. The number of halogens is 4. The molecule has 8 heteroatoms. The molecule has 4 nitrogen and oxygen atoms in total. The number of esters is 1. The number of hydrogen-bond acceptors (Lipinski definition) is 4. The number of carbonyl (C=O) groups excluding carboxylic acids is 1. The molecule has 54 heavy (non-hydrogen) atoms. The molecule has 0 amide bonds. The molecule has 0 aromatic heterocycles. The molecule has 0 atom stereocenters. The summed E-state index contributed by atoms with van der Waals surface area (Å²) in [5.74, 6) is -0.418. The molecule has 0 spiro atoms. The second kappa shape index (κ2) is 17.2. The minimum Gasteiger partial charge on any atom is -0.442 e. The van der Waals surface area contributed by atoms with E-state index in [-0.39, 0.29) is 0 Å². The lowest BCUT2D eigenvalue weighted by Gasteiger charge is -2.28. The van der Waals surface area contributed by atoms with Gasteiger partial charge >= 0.3 is 5.97 Å². The standard InChI is InChI=1S/C46H44Br4N2O2/c1-7-51(8-2)35-23-19-33(20-24-35)37(31-15-11-29(5)12-16-31)27-46(40-39(45(53)54-46)41(47)43(49)44(50)42(40)48)28-38(32-17-13-30(6)14-18-32)34-21-25-36(26-22-34)52(9-3)10-4/h11-28H,7-10H2,1-6H3. The average molecular weight is 976 g/mol. The summed E-state index contributed by atoms with van der Waals surface area (Å²) in [7, 11) is 0. The summed E-state index contributed by atoms with van der Waals surface area (Å²) in [5.41, 5.74) is 10.4. The first-order valence-corrected chi connectivity index (χ1v) is 21.5. The van der Waals surface area contributed by atoms with Crippen LogP contribution in [0.2, 0.25) is 0 Å². The number of benzene rings is 5. The largest absolute Gasteiger partial charge is 0.442 e. The second-order valence-corrected chi connectivity index (χ2v) is 16.6. The van der Waals surface area contributed by atoms with E-state index in [1.165, 1.54) is 0 Å². The molecule has 0 saturated carbocycles. The first-order chi connectivity index (χ1) is 25.9. The SMILES string of the molecule is CCN(CC)c1ccc(C(=CC2(C=C(c3ccc(C)cc3)c3ccc(N(CC)CC)cc3)OC(=O)c3c(Br)c(Br)c(Br)c(Br)c32)c2ccc(C)cc2)cc1. The summed E-state index contributed by atoms with van der Waals surface area (Å²) >= 11 is 15.2. The summed E-state index contributed by atoms with van der Waals surface area (Å²) in [6.07, 6.45) is 4.26. The van der Waals surface area contributed by atoms with Crippen LogP contribution in [0.1, 0.15) is 77.0 Å². The van der Waals surface area contributed by atoms with Crippen LogP contribution in [0.15, 0.2) is 127 Å². The van der Waals surface area contributed by atoms with Crippen molar-refractivity contribution in [2.75, 3.05) is 36.0 Å². The van der Waals surface area contributed by atoms with Gasteiger partial charge in [-0.1, -0.05) is 83.9 Å². The Morgan fingerprint density at radius 3 is 1.22 bits per heavy atom. The maximum absolute atomic E-state index is 14.3. The first kappa shape index (κ1) is 40.2. The van der Waals surface area contributed by atoms with Gasteiger partial charge in [-0.3, -0.25) is 0 Å². The van der Waals surface area contributed by atoms with Gasteiger partial charge in [-0.05, 0) is 175 Å². The second-order valence-electron chi connectivity index (χ2n) is 13.5. The zero-order valence-corrected chi connectivity index (χ0v) is 37.8. The Balaban J connectivity index is 1.71. The van der Waals surface area contributed by atoms with Crippen molar-refractivity contribution in [3.8, 4) is 0 Å². The Hall–Kier alpha value is -3.43. The molecule has 0 saturated heterocycles. The molecule has 0 aliphatic carbocycles. The third-order valence-corrected chi connectivity index (χ3v) is 14.9. The quantitative estimate of drug-likeness (QED) is 0.0708. The van der Waals surface area contributed by atoms with Crippen molar-refractivity contribution in [3.63, 3.8) is 0 Å². The van der Waals surface area contributed by atoms with Gasteiger partial charge in [0.05, 0.1) is 5.56 Å². The van der Waals surface area contributed by atoms with Crippen LogP contribution in [0, 0.1) is 13.8 Å². The zero-order valence-electron chi connectivity index (χ0n) is 31.4. The summed E-state index contributed by atoms with van der Waals surface area (Å²) in [4.78, 5) is 19.0. The van der Waals surface area contributed by atoms with E-state index >= 15 is 0 Å². The van der Waals surface area contributed by atoms with Crippen molar-refractivity contribution in [1.82, 2.24) is 0 Å². The first-order valence-electron chi connectivity index (χ1n) is 18.3. The van der Waals surface area contributed by atoms with Gasteiger partial charge in [0.15, 0.2) is 5.60 Å². The highest BCUT2D eigenvalue weighted by atomic mass is 79.9. The number of rotatable bonds is 12. The molecule has 1 aliphatic heterocycles. The fourth-order valence-corrected chi connectivity index (χ4v) is 9.72. The number of nitrogens with zero attached hydrogens (tertiary/aromatic N) is 2. The molecule has 0 N–H and O–H groups in total. The lowest BCUT2D eigenvalue weighted by atomic mass is 9.83. The van der Waals surface area contributed by atoms with Crippen molar-refractivity contribution in [2.24, 2.45) is 0 Å². The van der Waals surface area contributed by atoms with Gasteiger partial charge < -0.3 is 14.5 Å². The highest BCUT2D eigenvalue weighted by Gasteiger charge is 2.48. The molecule has 0 bridgehead atoms. The number of fused-ring (bicyclic) bond motifs is 1. The number of carbonyl (C=O) groups is 1. The minimum atomic E-state index is -1.34. The molecule has 0 radical (unpaired) electrons. The van der Waals surface area contributed by atoms with E-state index in [0.717, 1.165) is 95.5 Å². The van der Waals surface area contributed by atoms with Crippen molar-refractivity contribution in [3.05, 3.63) is 172 Å². The highest BCUT2D eigenvalue weighted by molar-refractivity contribution is 9.15. The fraction of sp³-hybridized carbons (Fsp3) is 0.239. The third-order valence-electron chi connectivity index (χ3n) is 10.2. The van der Waals surface area contributed by atoms with Gasteiger partial charge in [-0.2, -0.15) is 0 Å². The summed E-state index contributed by atoms with van der Waals surface area (Å²) in [5, 5.41) is 0. The molecule has 0 fully saturated rings. The topological polar surface area (TPSA) is 32.8 Å². The van der Waals surface area contributed by atoms with Gasteiger partial charge in [0.2, 0.25) is 0 Å². The van der Waals surface area contributed by atoms with Gasteiger partial charge in [0.1, 0.15) is 0 Å². The number of aryl methyl sites for hydroxylation is 2. The Morgan fingerprint density at radius 2 is 0.870 bits per heavy atom. The van der Waals surface area contributed by atoms with Crippen molar-refractivity contribution >= 4 is 92.2 Å². The van der Waals surface area contributed by atoms with Gasteiger partial charge in [-0.15, -0.1) is 0 Å². The molecular formula is C46H44Br4N2O2. The van der Waals surface area contributed by atoms with E-state index in [2.05, 4.69) is 224 Å². The maximum atomic E-state index is 14.3. The molecule has 0 unspecified atom stereocenters. The third kappa shape index (κ3) is 7.95. The molecular weight excluding hydrogens is 932 g/mol. The average Bonchev–Trinajstić information content (AvgIpc) is 3.48. The number of anilines is 2. The van der Waals surface area contributed by atoms with Crippen LogP contribution in [-0.4, -0.2) is 32.1 Å². The molecule has 1 heterocycles. The molecule has 1 aliphatic rings. The van der Waals surface area contributed by atoms with Crippen LogP contribution in [0.25, 0.3) is 11.1 Å².